The van der Waals surface area contributed by atoms with Crippen LogP contribution in [0, 0.1) is 6.92 Å². The van der Waals surface area contributed by atoms with E-state index in [0.29, 0.717) is 23.0 Å². The second-order valence-corrected chi connectivity index (χ2v) is 12.5. The van der Waals surface area contributed by atoms with Crippen LogP contribution in [0.1, 0.15) is 18.1 Å². The summed E-state index contributed by atoms with van der Waals surface area (Å²) in [5, 5.41) is 0. The van der Waals surface area contributed by atoms with Gasteiger partial charge in [-0.1, -0.05) is 62.7 Å². The lowest BCUT2D eigenvalue weighted by Crippen LogP contribution is -2.23. The highest BCUT2D eigenvalue weighted by atomic mass is 16.5. The number of para-hydroxylation sites is 4. The van der Waals surface area contributed by atoms with Crippen LogP contribution < -0.4 is 19.3 Å². The lowest BCUT2D eigenvalue weighted by molar-refractivity contribution is 0.431. The number of hydrogen-bond acceptors (Lipinski definition) is 7. The molecule has 0 saturated carbocycles. The molecule has 0 aliphatic carbocycles. The van der Waals surface area contributed by atoms with Gasteiger partial charge in [0.05, 0.1) is 28.5 Å². The number of oxazole rings is 1. The van der Waals surface area contributed by atoms with Gasteiger partial charge in [0, 0.05) is 28.7 Å². The van der Waals surface area contributed by atoms with Crippen molar-refractivity contribution in [2.75, 3.05) is 9.80 Å². The largest absolute Gasteiger partial charge is 0.453 e. The molecule has 0 N–H and O–H groups in total. The first-order valence-electron chi connectivity index (χ1n) is 17.2. The second-order valence-electron chi connectivity index (χ2n) is 12.5. The highest BCUT2D eigenvalue weighted by molar-refractivity contribution is 6.01. The lowest BCUT2D eigenvalue weighted by Gasteiger charge is -2.33. The molecule has 7 heteroatoms. The maximum absolute atomic E-state index is 6.32. The predicted molar refractivity (Wildman–Crippen MR) is 216 cm³/mol. The van der Waals surface area contributed by atoms with Gasteiger partial charge in [-0.05, 0) is 116 Å². The van der Waals surface area contributed by atoms with Crippen LogP contribution in [-0.2, 0) is 0 Å². The number of allylic oxidation sites excluding steroid dienone is 4. The van der Waals surface area contributed by atoms with Crippen molar-refractivity contribution in [3.05, 3.63) is 194 Å². The van der Waals surface area contributed by atoms with Gasteiger partial charge in [0.15, 0.2) is 28.6 Å². The van der Waals surface area contributed by atoms with E-state index in [4.69, 9.17) is 23.9 Å². The van der Waals surface area contributed by atoms with Crippen molar-refractivity contribution in [2.45, 2.75) is 13.8 Å². The molecule has 7 nitrogen and oxygen atoms in total. The van der Waals surface area contributed by atoms with E-state index in [2.05, 4.69) is 60.4 Å². The molecule has 8 rings (SSSR count). The smallest absolute Gasteiger partial charge is 0.227 e. The summed E-state index contributed by atoms with van der Waals surface area (Å²) < 4.78 is 18.5. The molecule has 3 heterocycles. The van der Waals surface area contributed by atoms with E-state index in [1.807, 2.05) is 98.8 Å². The van der Waals surface area contributed by atoms with E-state index in [1.54, 1.807) is 24.3 Å². The summed E-state index contributed by atoms with van der Waals surface area (Å²) in [5.74, 6) is 3.33. The van der Waals surface area contributed by atoms with Crippen molar-refractivity contribution in [2.24, 2.45) is 4.99 Å². The Kier molecular flexibility index (Phi) is 8.44. The van der Waals surface area contributed by atoms with Crippen LogP contribution in [0.25, 0.3) is 22.6 Å². The zero-order chi connectivity index (χ0) is 36.6. The minimum absolute atomic E-state index is 0.533. The molecule has 0 unspecified atom stereocenters. The van der Waals surface area contributed by atoms with Crippen LogP contribution in [-0.4, -0.2) is 10.7 Å². The van der Waals surface area contributed by atoms with Crippen LogP contribution in [0.4, 0.5) is 28.4 Å². The van der Waals surface area contributed by atoms with Crippen LogP contribution >= 0.6 is 0 Å². The van der Waals surface area contributed by atoms with E-state index in [-0.39, 0.29) is 0 Å². The van der Waals surface area contributed by atoms with Crippen molar-refractivity contribution < 1.29 is 13.9 Å². The molecule has 0 fully saturated rings. The number of nitrogens with zero attached hydrogens (tertiary/aromatic N) is 4. The third-order valence-corrected chi connectivity index (χ3v) is 9.31. The van der Waals surface area contributed by atoms with Gasteiger partial charge in [-0.15, -0.1) is 0 Å². The average molecular weight is 693 g/mol. The zero-order valence-corrected chi connectivity index (χ0v) is 29.5. The Bertz CT molecular complexity index is 2550. The number of aliphatic imine (C=N–C) groups is 1. The maximum Gasteiger partial charge on any atom is 0.227 e. The van der Waals surface area contributed by atoms with Crippen LogP contribution in [0.5, 0.6) is 11.5 Å². The average Bonchev–Trinajstić information content (AvgIpc) is 3.62. The number of aryl methyl sites for hydroxylation is 1. The number of ether oxygens (including phenoxy) is 2. The normalized spacial score (nSPS) is 14.0. The Balaban J connectivity index is 1.07. The van der Waals surface area contributed by atoms with Gasteiger partial charge in [-0.3, -0.25) is 4.99 Å². The van der Waals surface area contributed by atoms with Gasteiger partial charge < -0.3 is 23.7 Å². The van der Waals surface area contributed by atoms with E-state index >= 15 is 0 Å². The van der Waals surface area contributed by atoms with Crippen LogP contribution in [0.2, 0.25) is 0 Å². The molecular formula is C46H36N4O3. The number of hydrogen-bond donors (Lipinski definition) is 0. The molecule has 2 aliphatic rings. The Morgan fingerprint density at radius 2 is 1.19 bits per heavy atom. The van der Waals surface area contributed by atoms with Crippen molar-refractivity contribution in [3.63, 3.8) is 0 Å². The van der Waals surface area contributed by atoms with Crippen LogP contribution in [0.15, 0.2) is 192 Å². The summed E-state index contributed by atoms with van der Waals surface area (Å²) in [6, 6.07) is 36.2. The third kappa shape index (κ3) is 5.84. The molecule has 0 radical (unpaired) electrons. The summed E-state index contributed by atoms with van der Waals surface area (Å²) in [5.41, 5.74) is 11.4. The van der Waals surface area contributed by atoms with Crippen molar-refractivity contribution in [3.8, 4) is 23.0 Å². The topological polar surface area (TPSA) is 63.3 Å². The quantitative estimate of drug-likeness (QED) is 0.141. The fourth-order valence-electron chi connectivity index (χ4n) is 6.67. The summed E-state index contributed by atoms with van der Waals surface area (Å²) >= 11 is 0. The SMILES string of the molecule is C=CC1=C(C=C)N(c2ccc(C(C)=Nc3cc4oc(-c5ccc(N6C(C=C)=C(C=C)Oc7ccccc76)cc5)nc4cc3C)cc2)c2ccccc2O1. The van der Waals surface area contributed by atoms with Gasteiger partial charge in [-0.2, -0.15) is 0 Å². The van der Waals surface area contributed by atoms with Crippen LogP contribution in [0.3, 0.4) is 0 Å². The first-order chi connectivity index (χ1) is 25.9. The molecule has 1 aromatic heterocycles. The molecule has 53 heavy (non-hydrogen) atoms. The third-order valence-electron chi connectivity index (χ3n) is 9.31. The fourth-order valence-corrected chi connectivity index (χ4v) is 6.67. The molecule has 2 aliphatic heterocycles. The Morgan fingerprint density at radius 3 is 1.72 bits per heavy atom. The highest BCUT2D eigenvalue weighted by Crippen LogP contribution is 2.44. The Morgan fingerprint density at radius 1 is 0.660 bits per heavy atom. The lowest BCUT2D eigenvalue weighted by atomic mass is 10.1. The van der Waals surface area contributed by atoms with Gasteiger partial charge in [-0.25, -0.2) is 4.98 Å². The van der Waals surface area contributed by atoms with Crippen molar-refractivity contribution in [1.29, 1.82) is 0 Å². The molecular weight excluding hydrogens is 657 g/mol. The summed E-state index contributed by atoms with van der Waals surface area (Å²) in [4.78, 5) is 14.1. The van der Waals surface area contributed by atoms with Gasteiger partial charge in [0.1, 0.15) is 5.52 Å². The van der Waals surface area contributed by atoms with E-state index in [9.17, 15) is 0 Å². The van der Waals surface area contributed by atoms with Crippen molar-refractivity contribution in [1.82, 2.24) is 4.98 Å². The number of benzene rings is 5. The fraction of sp³-hybridized carbons (Fsp3) is 0.0435. The monoisotopic (exact) mass is 692 g/mol. The minimum atomic E-state index is 0.533. The predicted octanol–water partition coefficient (Wildman–Crippen LogP) is 12.2. The molecule has 5 aromatic carbocycles. The number of rotatable bonds is 9. The van der Waals surface area contributed by atoms with Crippen molar-refractivity contribution >= 4 is 45.2 Å². The van der Waals surface area contributed by atoms with Gasteiger partial charge in [0.25, 0.3) is 0 Å². The molecule has 0 bridgehead atoms. The Labute approximate surface area is 308 Å². The standard InChI is InChI=1S/C46H36N4O3/c1-7-37-41(9-3)51-43-17-13-11-15-39(43)49(37)33-23-19-31(20-24-33)30(6)47-35-28-45-36(27-29(35)5)48-46(53-45)32-21-25-34(26-22-32)50-38(8-2)42(10-4)52-44-18-14-12-16-40(44)50/h7-28H,1-4H2,5-6H3. The molecule has 0 amide bonds. The van der Waals surface area contributed by atoms with E-state index in [1.165, 1.54) is 0 Å². The second kappa shape index (κ2) is 13.5. The van der Waals surface area contributed by atoms with E-state index < -0.39 is 0 Å². The maximum atomic E-state index is 6.32. The summed E-state index contributed by atoms with van der Waals surface area (Å²) in [6.07, 6.45) is 6.97. The minimum Gasteiger partial charge on any atom is -0.453 e. The highest BCUT2D eigenvalue weighted by Gasteiger charge is 2.27. The number of anilines is 4. The molecule has 6 aromatic rings. The zero-order valence-electron chi connectivity index (χ0n) is 29.5. The molecule has 0 spiro atoms. The van der Waals surface area contributed by atoms with Gasteiger partial charge in [0.2, 0.25) is 5.89 Å². The van der Waals surface area contributed by atoms with Gasteiger partial charge >= 0.3 is 0 Å². The first kappa shape index (κ1) is 33.0. The van der Waals surface area contributed by atoms with E-state index in [0.717, 1.165) is 79.2 Å². The summed E-state index contributed by atoms with van der Waals surface area (Å²) in [6.45, 7) is 20.0. The Hall–Kier alpha value is -7.12. The number of fused-ring (bicyclic) bond motifs is 3. The first-order valence-corrected chi connectivity index (χ1v) is 17.2. The molecule has 258 valence electrons. The molecule has 0 saturated heterocycles. The molecule has 0 atom stereocenters. The number of aromatic nitrogens is 1. The summed E-state index contributed by atoms with van der Waals surface area (Å²) in [7, 11) is 0.